The van der Waals surface area contributed by atoms with Gasteiger partial charge in [0.05, 0.1) is 42.7 Å². The summed E-state index contributed by atoms with van der Waals surface area (Å²) in [5.41, 5.74) is 8.23. The molecule has 6 aromatic carbocycles. The van der Waals surface area contributed by atoms with Gasteiger partial charge in [0.25, 0.3) is 0 Å². The van der Waals surface area contributed by atoms with Gasteiger partial charge in [-0.3, -0.25) is 4.57 Å². The van der Waals surface area contributed by atoms with Crippen LogP contribution in [0.1, 0.15) is 0 Å². The first-order valence-corrected chi connectivity index (χ1v) is 15.4. The van der Waals surface area contributed by atoms with E-state index in [1.165, 1.54) is 38.1 Å². The maximum absolute atomic E-state index is 6.53. The molecule has 0 spiro atoms. The second-order valence-corrected chi connectivity index (χ2v) is 12.3. The van der Waals surface area contributed by atoms with Gasteiger partial charge in [0.15, 0.2) is 10.7 Å². The summed E-state index contributed by atoms with van der Waals surface area (Å²) in [7, 11) is 0. The lowest BCUT2D eigenvalue weighted by molar-refractivity contribution is 0.669. The minimum atomic E-state index is 0.608. The lowest BCUT2D eigenvalue weighted by atomic mass is 10.1. The Kier molecular flexibility index (Phi) is 4.63. The minimum absolute atomic E-state index is 0.608. The van der Waals surface area contributed by atoms with Crippen molar-refractivity contribution in [2.75, 3.05) is 0 Å². The highest BCUT2D eigenvalue weighted by Gasteiger charge is 2.23. The second-order valence-electron chi connectivity index (χ2n) is 10.9. The van der Waals surface area contributed by atoms with Crippen LogP contribution in [0.15, 0.2) is 126 Å². The molecule has 0 radical (unpaired) electrons. The van der Waals surface area contributed by atoms with E-state index in [2.05, 4.69) is 112 Å². The topological polar surface area (TPSA) is 35.9 Å². The lowest BCUT2D eigenvalue weighted by Gasteiger charge is -2.08. The number of para-hydroxylation sites is 4. The fraction of sp³-hybridized carbons (Fsp3) is 0. The molecule has 202 valence electrons. The number of nitrogens with zero attached hydrogens (tertiary/aromatic N) is 3. The first kappa shape index (κ1) is 23.5. The summed E-state index contributed by atoms with van der Waals surface area (Å²) in [6.45, 7) is 0. The van der Waals surface area contributed by atoms with Crippen LogP contribution in [0.25, 0.3) is 86.6 Å². The van der Waals surface area contributed by atoms with Crippen molar-refractivity contribution < 1.29 is 4.42 Å². The van der Waals surface area contributed by atoms with Crippen molar-refractivity contribution in [1.82, 2.24) is 14.1 Å². The zero-order valence-corrected chi connectivity index (χ0v) is 24.2. The van der Waals surface area contributed by atoms with Crippen LogP contribution in [0.2, 0.25) is 5.02 Å². The largest absolute Gasteiger partial charge is 0.454 e. The van der Waals surface area contributed by atoms with Gasteiger partial charge in [0.1, 0.15) is 5.58 Å². The number of aromatic nitrogens is 3. The van der Waals surface area contributed by atoms with Crippen LogP contribution in [0, 0.1) is 0 Å². The Balaban J connectivity index is 1.39. The van der Waals surface area contributed by atoms with Crippen molar-refractivity contribution in [3.63, 3.8) is 0 Å². The van der Waals surface area contributed by atoms with Gasteiger partial charge >= 0.3 is 0 Å². The fourth-order valence-electron chi connectivity index (χ4n) is 6.89. The van der Waals surface area contributed by atoms with Crippen molar-refractivity contribution in [2.45, 2.75) is 0 Å². The number of benzene rings is 6. The Morgan fingerprint density at radius 1 is 0.581 bits per heavy atom. The monoisotopic (exact) mass is 589 g/mol. The average Bonchev–Trinajstić information content (AvgIpc) is 3.80. The van der Waals surface area contributed by atoms with E-state index < -0.39 is 0 Å². The Morgan fingerprint density at radius 3 is 2.19 bits per heavy atom. The van der Waals surface area contributed by atoms with Crippen molar-refractivity contribution in [3.05, 3.63) is 126 Å². The van der Waals surface area contributed by atoms with Crippen molar-refractivity contribution >= 4 is 98.7 Å². The number of hydrogen-bond donors (Lipinski definition) is 0. The average molecular weight is 590 g/mol. The molecule has 0 saturated heterocycles. The highest BCUT2D eigenvalue weighted by Crippen LogP contribution is 2.44. The van der Waals surface area contributed by atoms with E-state index in [0.29, 0.717) is 10.6 Å². The van der Waals surface area contributed by atoms with E-state index in [4.69, 9.17) is 21.0 Å². The van der Waals surface area contributed by atoms with E-state index in [9.17, 15) is 0 Å². The van der Waals surface area contributed by atoms with Crippen molar-refractivity contribution in [1.29, 1.82) is 0 Å². The Labute approximate surface area is 253 Å². The molecular weight excluding hydrogens is 570 g/mol. The predicted octanol–water partition coefficient (Wildman–Crippen LogP) is 11.0. The van der Waals surface area contributed by atoms with Gasteiger partial charge in [0.2, 0.25) is 0 Å². The van der Waals surface area contributed by atoms with E-state index in [-0.39, 0.29) is 0 Å². The van der Waals surface area contributed by atoms with E-state index >= 15 is 0 Å². The predicted molar refractivity (Wildman–Crippen MR) is 181 cm³/mol. The first-order chi connectivity index (χ1) is 21.3. The standard InChI is InChI=1S/C37H20ClN3OS/c38-26-14-8-13-25-33-30(42-36(25)26)19-20-31-34(33)39-37(43-31)41-27-15-6-4-11-22(27)23-17-18-29-32(35(23)41)24-12-5-7-16-28(24)40(29)21-9-2-1-3-10-21/h1-20H. The molecule has 43 heavy (non-hydrogen) atoms. The van der Waals surface area contributed by atoms with Crippen molar-refractivity contribution in [2.24, 2.45) is 0 Å². The molecule has 4 aromatic heterocycles. The van der Waals surface area contributed by atoms with Gasteiger partial charge in [-0.1, -0.05) is 95.7 Å². The third-order valence-electron chi connectivity index (χ3n) is 8.64. The molecule has 0 aliphatic heterocycles. The van der Waals surface area contributed by atoms with Gasteiger partial charge < -0.3 is 8.98 Å². The molecule has 10 rings (SSSR count). The Morgan fingerprint density at radius 2 is 1.33 bits per heavy atom. The van der Waals surface area contributed by atoms with E-state index in [0.717, 1.165) is 42.9 Å². The number of thiazole rings is 1. The Hall–Kier alpha value is -5.10. The van der Waals surface area contributed by atoms with Crippen LogP contribution >= 0.6 is 22.9 Å². The van der Waals surface area contributed by atoms with Gasteiger partial charge in [-0.15, -0.1) is 0 Å². The van der Waals surface area contributed by atoms with Gasteiger partial charge in [-0.2, -0.15) is 0 Å². The molecule has 4 nitrogen and oxygen atoms in total. The highest BCUT2D eigenvalue weighted by atomic mass is 35.5. The molecule has 6 heteroatoms. The molecule has 0 bridgehead atoms. The molecule has 0 aliphatic carbocycles. The van der Waals surface area contributed by atoms with Crippen LogP contribution < -0.4 is 0 Å². The molecule has 0 unspecified atom stereocenters. The van der Waals surface area contributed by atoms with Gasteiger partial charge in [-0.25, -0.2) is 4.98 Å². The highest BCUT2D eigenvalue weighted by molar-refractivity contribution is 7.21. The Bertz CT molecular complexity index is 2750. The maximum atomic E-state index is 6.53. The van der Waals surface area contributed by atoms with Crippen LogP contribution in [0.4, 0.5) is 0 Å². The summed E-state index contributed by atoms with van der Waals surface area (Å²) in [5.74, 6) is 0. The quantitative estimate of drug-likeness (QED) is 0.201. The molecule has 0 N–H and O–H groups in total. The summed E-state index contributed by atoms with van der Waals surface area (Å²) in [4.78, 5) is 5.36. The number of fused-ring (bicyclic) bond motifs is 12. The van der Waals surface area contributed by atoms with E-state index in [1.807, 2.05) is 18.2 Å². The molecule has 0 saturated carbocycles. The smallest absolute Gasteiger partial charge is 0.195 e. The molecule has 4 heterocycles. The molecular formula is C37H20ClN3OS. The summed E-state index contributed by atoms with van der Waals surface area (Å²) in [6, 6.07) is 42.5. The van der Waals surface area contributed by atoms with Crippen molar-refractivity contribution in [3.8, 4) is 10.8 Å². The summed E-state index contributed by atoms with van der Waals surface area (Å²) >= 11 is 8.23. The third kappa shape index (κ3) is 3.07. The summed E-state index contributed by atoms with van der Waals surface area (Å²) in [5, 5.41) is 8.38. The lowest BCUT2D eigenvalue weighted by Crippen LogP contribution is -1.94. The van der Waals surface area contributed by atoms with E-state index in [1.54, 1.807) is 11.3 Å². The molecule has 0 fully saturated rings. The first-order valence-electron chi connectivity index (χ1n) is 14.2. The molecule has 0 aliphatic rings. The zero-order valence-electron chi connectivity index (χ0n) is 22.6. The van der Waals surface area contributed by atoms with Crippen LogP contribution in [0.5, 0.6) is 0 Å². The van der Waals surface area contributed by atoms with Crippen LogP contribution in [-0.2, 0) is 0 Å². The molecule has 0 atom stereocenters. The summed E-state index contributed by atoms with van der Waals surface area (Å²) in [6.07, 6.45) is 0. The zero-order chi connectivity index (χ0) is 28.2. The number of furan rings is 1. The normalized spacial score (nSPS) is 12.3. The number of hydrogen-bond acceptors (Lipinski definition) is 3. The minimum Gasteiger partial charge on any atom is -0.454 e. The molecule has 0 amide bonds. The van der Waals surface area contributed by atoms with Crippen LogP contribution in [-0.4, -0.2) is 14.1 Å². The number of halogens is 1. The third-order valence-corrected chi connectivity index (χ3v) is 9.94. The van der Waals surface area contributed by atoms with Gasteiger partial charge in [-0.05, 0) is 48.5 Å². The number of rotatable bonds is 2. The fourth-order valence-corrected chi connectivity index (χ4v) is 8.09. The second kappa shape index (κ2) is 8.48. The maximum Gasteiger partial charge on any atom is 0.195 e. The SMILES string of the molecule is Clc1cccc2c1oc1ccc3sc(-n4c5ccccc5c5ccc6c(c7ccccc7n6-c6ccccc6)c54)nc3c12. The van der Waals surface area contributed by atoms with Gasteiger partial charge in [0, 0.05) is 32.6 Å². The molecule has 10 aromatic rings. The van der Waals surface area contributed by atoms with Crippen LogP contribution in [0.3, 0.4) is 0 Å². The summed E-state index contributed by atoms with van der Waals surface area (Å²) < 4.78 is 12.0.